The van der Waals surface area contributed by atoms with E-state index in [2.05, 4.69) is 138 Å². The number of rotatable bonds is 3. The molecule has 5 aromatic rings. The third kappa shape index (κ3) is 3.55. The Morgan fingerprint density at radius 1 is 0.750 bits per heavy atom. The van der Waals surface area contributed by atoms with Crippen LogP contribution < -0.4 is 0 Å². The van der Waals surface area contributed by atoms with Crippen LogP contribution in [0.15, 0.2) is 103 Å². The molecule has 3 aliphatic rings. The first kappa shape index (κ1) is 23.6. The molecule has 40 heavy (non-hydrogen) atoms. The molecule has 3 atom stereocenters. The van der Waals surface area contributed by atoms with Gasteiger partial charge in [0.1, 0.15) is 0 Å². The van der Waals surface area contributed by atoms with E-state index in [9.17, 15) is 0 Å². The van der Waals surface area contributed by atoms with Crippen LogP contribution >= 0.6 is 0 Å². The Morgan fingerprint density at radius 3 is 2.35 bits per heavy atom. The lowest BCUT2D eigenvalue weighted by Gasteiger charge is -2.27. The fraction of sp³-hybridized carbons (Fsp3) is 0.211. The number of aromatic nitrogens is 2. The van der Waals surface area contributed by atoms with Crippen molar-refractivity contribution < 1.29 is 0 Å². The number of para-hydroxylation sites is 2. The molecule has 0 amide bonds. The lowest BCUT2D eigenvalue weighted by Crippen LogP contribution is -2.18. The number of hydrogen-bond acceptors (Lipinski definition) is 0. The van der Waals surface area contributed by atoms with E-state index in [4.69, 9.17) is 0 Å². The number of fused-ring (bicyclic) bond motifs is 6. The number of benzene rings is 3. The van der Waals surface area contributed by atoms with E-state index in [1.54, 1.807) is 0 Å². The minimum Gasteiger partial charge on any atom is -0.336 e. The van der Waals surface area contributed by atoms with Gasteiger partial charge in [0.05, 0.1) is 11.6 Å². The van der Waals surface area contributed by atoms with Gasteiger partial charge in [-0.15, -0.1) is 0 Å². The molecule has 196 valence electrons. The van der Waals surface area contributed by atoms with E-state index in [0.29, 0.717) is 17.9 Å². The fourth-order valence-electron chi connectivity index (χ4n) is 7.48. The molecule has 0 saturated heterocycles. The monoisotopic (exact) mass is 518 g/mol. The highest BCUT2D eigenvalue weighted by atomic mass is 15.0. The second-order valence-corrected chi connectivity index (χ2v) is 11.9. The standard InChI is InChI=1S/C38H34N2/c1-25-21-28(27-12-4-3-5-13-27)23-30(22-25)39-35-17-8-7-15-32(35)34-24-29(19-20-37(34)39)40-36-18-9-6-14-31(36)33-16-10-11-26(2)38(33)40/h3-10,12-21,23,25-26,29H,11,22,24H2,1-2H3. The highest BCUT2D eigenvalue weighted by Crippen LogP contribution is 2.44. The van der Waals surface area contributed by atoms with Crippen LogP contribution in [0.1, 0.15) is 66.7 Å². The number of allylic oxidation sites excluding steroid dienone is 6. The molecule has 0 fully saturated rings. The molecule has 2 heteroatoms. The van der Waals surface area contributed by atoms with Crippen molar-refractivity contribution in [3.05, 3.63) is 131 Å². The van der Waals surface area contributed by atoms with E-state index in [1.165, 1.54) is 61.2 Å². The van der Waals surface area contributed by atoms with Crippen LogP contribution in [-0.4, -0.2) is 9.13 Å². The van der Waals surface area contributed by atoms with Crippen LogP contribution in [0.5, 0.6) is 0 Å². The van der Waals surface area contributed by atoms with Gasteiger partial charge in [0, 0.05) is 44.9 Å². The zero-order valence-corrected chi connectivity index (χ0v) is 23.2. The first-order chi connectivity index (χ1) is 19.7. The van der Waals surface area contributed by atoms with Gasteiger partial charge in [-0.3, -0.25) is 0 Å². The molecular formula is C38H34N2. The average molecular weight is 519 g/mol. The summed E-state index contributed by atoms with van der Waals surface area (Å²) in [5.41, 5.74) is 12.4. The van der Waals surface area contributed by atoms with Crippen molar-refractivity contribution in [3.63, 3.8) is 0 Å². The lowest BCUT2D eigenvalue weighted by atomic mass is 9.91. The van der Waals surface area contributed by atoms with Crippen molar-refractivity contribution in [3.8, 4) is 0 Å². The molecule has 0 saturated carbocycles. The van der Waals surface area contributed by atoms with Crippen molar-refractivity contribution in [1.29, 1.82) is 0 Å². The molecule has 3 aliphatic carbocycles. The summed E-state index contributed by atoms with van der Waals surface area (Å²) in [7, 11) is 0. The largest absolute Gasteiger partial charge is 0.336 e. The topological polar surface area (TPSA) is 9.86 Å². The van der Waals surface area contributed by atoms with E-state index >= 15 is 0 Å². The summed E-state index contributed by atoms with van der Waals surface area (Å²) in [6, 6.07) is 29.1. The van der Waals surface area contributed by atoms with Gasteiger partial charge in [0.15, 0.2) is 0 Å². The molecule has 3 unspecified atom stereocenters. The first-order valence-electron chi connectivity index (χ1n) is 14.8. The van der Waals surface area contributed by atoms with Crippen molar-refractivity contribution in [2.24, 2.45) is 5.92 Å². The van der Waals surface area contributed by atoms with E-state index in [0.717, 1.165) is 19.3 Å². The summed E-state index contributed by atoms with van der Waals surface area (Å²) in [6.07, 6.45) is 17.6. The van der Waals surface area contributed by atoms with Gasteiger partial charge in [0.25, 0.3) is 0 Å². The molecule has 0 bridgehead atoms. The summed E-state index contributed by atoms with van der Waals surface area (Å²) in [6.45, 7) is 4.73. The predicted octanol–water partition coefficient (Wildman–Crippen LogP) is 9.89. The SMILES string of the molecule is CC1C=C(c2ccccc2)C=C(n2c3c(c4ccccc42)CC(n2c4c(c5ccccc52)C=CCC4C)C=C3)C1. The van der Waals surface area contributed by atoms with Crippen molar-refractivity contribution in [2.45, 2.75) is 45.1 Å². The van der Waals surface area contributed by atoms with Gasteiger partial charge in [-0.1, -0.05) is 105 Å². The minimum absolute atomic E-state index is 0.299. The minimum atomic E-state index is 0.299. The van der Waals surface area contributed by atoms with Crippen LogP contribution in [0.3, 0.4) is 0 Å². The molecular weight excluding hydrogens is 484 g/mol. The zero-order chi connectivity index (χ0) is 26.8. The summed E-state index contributed by atoms with van der Waals surface area (Å²) in [4.78, 5) is 0. The predicted molar refractivity (Wildman–Crippen MR) is 170 cm³/mol. The van der Waals surface area contributed by atoms with E-state index in [-0.39, 0.29) is 0 Å². The number of nitrogens with zero attached hydrogens (tertiary/aromatic N) is 2. The fourth-order valence-corrected chi connectivity index (χ4v) is 7.48. The summed E-state index contributed by atoms with van der Waals surface area (Å²) in [5, 5.41) is 2.76. The molecule has 3 aromatic carbocycles. The Morgan fingerprint density at radius 2 is 1.50 bits per heavy atom. The van der Waals surface area contributed by atoms with Gasteiger partial charge in [-0.25, -0.2) is 0 Å². The molecule has 2 heterocycles. The average Bonchev–Trinajstić information content (AvgIpc) is 3.51. The quantitative estimate of drug-likeness (QED) is 0.225. The maximum absolute atomic E-state index is 2.66. The third-order valence-electron chi connectivity index (χ3n) is 9.18. The number of hydrogen-bond donors (Lipinski definition) is 0. The zero-order valence-electron chi connectivity index (χ0n) is 23.2. The van der Waals surface area contributed by atoms with Gasteiger partial charge in [-0.2, -0.15) is 0 Å². The summed E-state index contributed by atoms with van der Waals surface area (Å²) < 4.78 is 5.21. The van der Waals surface area contributed by atoms with Crippen molar-refractivity contribution >= 4 is 45.2 Å². The van der Waals surface area contributed by atoms with E-state index in [1.807, 2.05) is 0 Å². The van der Waals surface area contributed by atoms with Gasteiger partial charge in [0.2, 0.25) is 0 Å². The van der Waals surface area contributed by atoms with Crippen molar-refractivity contribution in [2.75, 3.05) is 0 Å². The van der Waals surface area contributed by atoms with E-state index < -0.39 is 0 Å². The maximum Gasteiger partial charge on any atom is 0.0564 e. The molecule has 0 aliphatic heterocycles. The summed E-state index contributed by atoms with van der Waals surface area (Å²) in [5.74, 6) is 1.00. The second-order valence-electron chi connectivity index (χ2n) is 11.9. The van der Waals surface area contributed by atoms with Crippen LogP contribution in [0.4, 0.5) is 0 Å². The molecule has 0 N–H and O–H groups in total. The van der Waals surface area contributed by atoms with Crippen molar-refractivity contribution in [1.82, 2.24) is 9.13 Å². The molecule has 2 aromatic heterocycles. The highest BCUT2D eigenvalue weighted by molar-refractivity contribution is 5.95. The Kier molecular flexibility index (Phi) is 5.38. The van der Waals surface area contributed by atoms with Gasteiger partial charge >= 0.3 is 0 Å². The first-order valence-corrected chi connectivity index (χ1v) is 14.8. The Balaban J connectivity index is 1.29. The molecule has 0 radical (unpaired) electrons. The Bertz CT molecular complexity index is 1900. The molecule has 2 nitrogen and oxygen atoms in total. The molecule has 0 spiro atoms. The normalized spacial score (nSPS) is 21.8. The van der Waals surface area contributed by atoms with Crippen LogP contribution in [-0.2, 0) is 6.42 Å². The Hall–Kier alpha value is -4.30. The smallest absolute Gasteiger partial charge is 0.0564 e. The highest BCUT2D eigenvalue weighted by Gasteiger charge is 2.30. The van der Waals surface area contributed by atoms with Crippen LogP contribution in [0, 0.1) is 5.92 Å². The van der Waals surface area contributed by atoms with Crippen LogP contribution in [0.25, 0.3) is 45.2 Å². The van der Waals surface area contributed by atoms with Crippen LogP contribution in [0.2, 0.25) is 0 Å². The molecule has 8 rings (SSSR count). The van der Waals surface area contributed by atoms with Gasteiger partial charge in [-0.05, 0) is 66.2 Å². The van der Waals surface area contributed by atoms with Gasteiger partial charge < -0.3 is 9.13 Å². The second kappa shape index (κ2) is 9.13. The Labute approximate surface area is 236 Å². The maximum atomic E-state index is 2.66. The third-order valence-corrected chi connectivity index (χ3v) is 9.18. The lowest BCUT2D eigenvalue weighted by molar-refractivity contribution is 0.563. The summed E-state index contributed by atoms with van der Waals surface area (Å²) >= 11 is 0.